The molecule has 0 aliphatic heterocycles. The van der Waals surface area contributed by atoms with Crippen molar-refractivity contribution >= 4 is 29.2 Å². The normalized spacial score (nSPS) is 10.2. The first-order chi connectivity index (χ1) is 10.1. The van der Waals surface area contributed by atoms with Gasteiger partial charge in [-0.05, 0) is 42.1 Å². The van der Waals surface area contributed by atoms with Gasteiger partial charge in [-0.25, -0.2) is 4.39 Å². The molecule has 21 heavy (non-hydrogen) atoms. The predicted octanol–water partition coefficient (Wildman–Crippen LogP) is 1.35. The second-order valence-electron chi connectivity index (χ2n) is 4.13. The van der Waals surface area contributed by atoms with Crippen LogP contribution in [0.5, 0.6) is 0 Å². The van der Waals surface area contributed by atoms with Gasteiger partial charge in [0, 0.05) is 5.56 Å². The van der Waals surface area contributed by atoms with Crippen LogP contribution >= 0.6 is 12.2 Å². The van der Waals surface area contributed by atoms with Crippen LogP contribution in [0.15, 0.2) is 24.3 Å². The van der Waals surface area contributed by atoms with Crippen LogP contribution in [0, 0.1) is 5.82 Å². The fraction of sp³-hybridized carbons (Fsp3) is 0.250. The molecule has 1 heterocycles. The summed E-state index contributed by atoms with van der Waals surface area (Å²) in [5, 5.41) is 16.6. The summed E-state index contributed by atoms with van der Waals surface area (Å²) in [6.07, 6.45) is 0.872. The van der Waals surface area contributed by atoms with E-state index in [0.29, 0.717) is 6.54 Å². The van der Waals surface area contributed by atoms with Gasteiger partial charge in [-0.3, -0.25) is 15.4 Å². The highest BCUT2D eigenvalue weighted by Gasteiger charge is 2.10. The summed E-state index contributed by atoms with van der Waals surface area (Å²) in [6.45, 7) is 2.62. The standard InChI is InChI=1S/C12H13FN6OS/c1-2-6-19-17-11(16-18-19)15-12(21)14-10(20)8-4-3-5-9(13)7-8/h3-5,7H,2,6H2,1H3,(H2,14,15,17,20,21). The molecule has 0 unspecified atom stereocenters. The van der Waals surface area contributed by atoms with Gasteiger partial charge in [0.05, 0.1) is 6.54 Å². The number of tetrazole rings is 1. The molecule has 1 aromatic heterocycles. The van der Waals surface area contributed by atoms with E-state index in [0.717, 1.165) is 12.5 Å². The number of hydrogen-bond acceptors (Lipinski definition) is 5. The number of nitrogens with zero attached hydrogens (tertiary/aromatic N) is 4. The van der Waals surface area contributed by atoms with Crippen LogP contribution in [0.25, 0.3) is 0 Å². The molecule has 2 aromatic rings. The molecular weight excluding hydrogens is 295 g/mol. The number of aryl methyl sites for hydroxylation is 1. The highest BCUT2D eigenvalue weighted by atomic mass is 32.1. The second-order valence-corrected chi connectivity index (χ2v) is 4.54. The minimum Gasteiger partial charge on any atom is -0.299 e. The Morgan fingerprint density at radius 3 is 3.00 bits per heavy atom. The van der Waals surface area contributed by atoms with E-state index in [9.17, 15) is 9.18 Å². The maximum atomic E-state index is 13.0. The maximum Gasteiger partial charge on any atom is 0.269 e. The SMILES string of the molecule is CCCn1nnc(NC(=S)NC(=O)c2cccc(F)c2)n1. The van der Waals surface area contributed by atoms with Gasteiger partial charge in [-0.15, -0.1) is 5.10 Å². The van der Waals surface area contributed by atoms with Gasteiger partial charge in [0.25, 0.3) is 11.9 Å². The summed E-state index contributed by atoms with van der Waals surface area (Å²) in [5.41, 5.74) is 0.168. The molecule has 2 N–H and O–H groups in total. The Morgan fingerprint density at radius 2 is 2.29 bits per heavy atom. The van der Waals surface area contributed by atoms with E-state index in [1.54, 1.807) is 0 Å². The number of carbonyl (C=O) groups is 1. The number of halogens is 1. The van der Waals surface area contributed by atoms with Gasteiger partial charge < -0.3 is 0 Å². The third kappa shape index (κ3) is 4.28. The molecule has 2 rings (SSSR count). The molecule has 9 heteroatoms. The lowest BCUT2D eigenvalue weighted by Gasteiger charge is -2.06. The largest absolute Gasteiger partial charge is 0.299 e. The molecule has 0 atom stereocenters. The lowest BCUT2D eigenvalue weighted by Crippen LogP contribution is -2.34. The van der Waals surface area contributed by atoms with E-state index in [1.807, 2.05) is 6.92 Å². The third-order valence-corrected chi connectivity index (χ3v) is 2.62. The number of aromatic nitrogens is 4. The molecule has 0 bridgehead atoms. The molecule has 0 spiro atoms. The highest BCUT2D eigenvalue weighted by Crippen LogP contribution is 2.03. The Morgan fingerprint density at radius 1 is 1.48 bits per heavy atom. The van der Waals surface area contributed by atoms with Gasteiger partial charge in [-0.2, -0.15) is 4.80 Å². The number of anilines is 1. The van der Waals surface area contributed by atoms with Gasteiger partial charge in [0.1, 0.15) is 5.82 Å². The number of benzene rings is 1. The summed E-state index contributed by atoms with van der Waals surface area (Å²) < 4.78 is 13.0. The van der Waals surface area contributed by atoms with Crippen molar-refractivity contribution in [1.29, 1.82) is 0 Å². The van der Waals surface area contributed by atoms with E-state index in [1.165, 1.54) is 23.0 Å². The Kier molecular flexibility index (Phi) is 4.88. The third-order valence-electron chi connectivity index (χ3n) is 2.42. The Hall–Kier alpha value is -2.42. The van der Waals surface area contributed by atoms with Crippen molar-refractivity contribution in [2.75, 3.05) is 5.32 Å². The maximum absolute atomic E-state index is 13.0. The molecule has 1 aromatic carbocycles. The minimum atomic E-state index is -0.520. The van der Waals surface area contributed by atoms with Gasteiger partial charge >= 0.3 is 0 Å². The van der Waals surface area contributed by atoms with Crippen LogP contribution in [0.3, 0.4) is 0 Å². The van der Waals surface area contributed by atoms with Crippen LogP contribution in [0.1, 0.15) is 23.7 Å². The molecule has 0 saturated heterocycles. The average Bonchev–Trinajstić information content (AvgIpc) is 2.86. The first kappa shape index (κ1) is 15.0. The lowest BCUT2D eigenvalue weighted by molar-refractivity contribution is 0.0977. The number of hydrogen-bond donors (Lipinski definition) is 2. The minimum absolute atomic E-state index is 0.0142. The topological polar surface area (TPSA) is 84.7 Å². The molecule has 7 nitrogen and oxygen atoms in total. The molecule has 0 fully saturated rings. The molecule has 1 amide bonds. The summed E-state index contributed by atoms with van der Waals surface area (Å²) in [4.78, 5) is 13.3. The zero-order valence-corrected chi connectivity index (χ0v) is 12.0. The molecule has 110 valence electrons. The summed E-state index contributed by atoms with van der Waals surface area (Å²) in [7, 11) is 0. The molecule has 0 aliphatic carbocycles. The number of thiocarbonyl (C=S) groups is 1. The Bertz CT molecular complexity index is 659. The number of carbonyl (C=O) groups excluding carboxylic acids is 1. The quantitative estimate of drug-likeness (QED) is 0.829. The van der Waals surface area contributed by atoms with Crippen molar-refractivity contribution in [3.8, 4) is 0 Å². The first-order valence-corrected chi connectivity index (χ1v) is 6.65. The van der Waals surface area contributed by atoms with E-state index in [2.05, 4.69) is 26.0 Å². The van der Waals surface area contributed by atoms with Gasteiger partial charge in [-0.1, -0.05) is 18.1 Å². The van der Waals surface area contributed by atoms with Crippen molar-refractivity contribution in [2.45, 2.75) is 19.9 Å². The van der Waals surface area contributed by atoms with Crippen LogP contribution in [-0.4, -0.2) is 31.2 Å². The van der Waals surface area contributed by atoms with Crippen molar-refractivity contribution in [3.05, 3.63) is 35.6 Å². The smallest absolute Gasteiger partial charge is 0.269 e. The van der Waals surface area contributed by atoms with Gasteiger partial charge in [0.2, 0.25) is 0 Å². The van der Waals surface area contributed by atoms with Crippen LogP contribution in [0.2, 0.25) is 0 Å². The van der Waals surface area contributed by atoms with Crippen LogP contribution in [-0.2, 0) is 6.54 Å². The van der Waals surface area contributed by atoms with E-state index < -0.39 is 11.7 Å². The highest BCUT2D eigenvalue weighted by molar-refractivity contribution is 7.80. The fourth-order valence-electron chi connectivity index (χ4n) is 1.53. The van der Waals surface area contributed by atoms with E-state index >= 15 is 0 Å². The average molecular weight is 308 g/mol. The zero-order valence-electron chi connectivity index (χ0n) is 11.2. The van der Waals surface area contributed by atoms with Crippen molar-refractivity contribution in [3.63, 3.8) is 0 Å². The molecular formula is C12H13FN6OS. The van der Waals surface area contributed by atoms with E-state index in [-0.39, 0.29) is 16.6 Å². The monoisotopic (exact) mass is 308 g/mol. The number of amides is 1. The predicted molar refractivity (Wildman–Crippen MR) is 78.2 cm³/mol. The second kappa shape index (κ2) is 6.84. The number of nitrogens with one attached hydrogen (secondary N) is 2. The van der Waals surface area contributed by atoms with Crippen molar-refractivity contribution < 1.29 is 9.18 Å². The first-order valence-electron chi connectivity index (χ1n) is 6.24. The number of rotatable bonds is 4. The summed E-state index contributed by atoms with van der Waals surface area (Å²) in [5.74, 6) is -0.827. The van der Waals surface area contributed by atoms with Crippen molar-refractivity contribution in [1.82, 2.24) is 25.5 Å². The fourth-order valence-corrected chi connectivity index (χ4v) is 1.71. The molecule has 0 radical (unpaired) electrons. The van der Waals surface area contributed by atoms with E-state index in [4.69, 9.17) is 12.2 Å². The van der Waals surface area contributed by atoms with Crippen molar-refractivity contribution in [2.24, 2.45) is 0 Å². The van der Waals surface area contributed by atoms with Crippen LogP contribution < -0.4 is 10.6 Å². The Balaban J connectivity index is 1.93. The molecule has 0 saturated carbocycles. The lowest BCUT2D eigenvalue weighted by atomic mass is 10.2. The summed E-state index contributed by atoms with van der Waals surface area (Å²) >= 11 is 4.97. The zero-order chi connectivity index (χ0) is 15.2. The van der Waals surface area contributed by atoms with Gasteiger partial charge in [0.15, 0.2) is 5.11 Å². The Labute approximate surface area is 125 Å². The van der Waals surface area contributed by atoms with Crippen LogP contribution in [0.4, 0.5) is 10.3 Å². The summed E-state index contributed by atoms with van der Waals surface area (Å²) in [6, 6.07) is 5.30. The molecule has 0 aliphatic rings.